The zero-order valence-corrected chi connectivity index (χ0v) is 15.0. The zero-order valence-electron chi connectivity index (χ0n) is 14.2. The molecular formula is C16H26N4O3S. The number of aromatic nitrogens is 2. The van der Waals surface area contributed by atoms with Crippen LogP contribution >= 0.6 is 11.3 Å². The minimum Gasteiger partial charge on any atom is -0.396 e. The number of hydrogen-bond donors (Lipinski definition) is 2. The van der Waals surface area contributed by atoms with Gasteiger partial charge >= 0.3 is 0 Å². The van der Waals surface area contributed by atoms with Crippen LogP contribution in [-0.2, 0) is 9.53 Å². The van der Waals surface area contributed by atoms with Crippen molar-refractivity contribution < 1.29 is 14.6 Å². The molecule has 24 heavy (non-hydrogen) atoms. The predicted molar refractivity (Wildman–Crippen MR) is 92.2 cm³/mol. The van der Waals surface area contributed by atoms with Crippen molar-refractivity contribution in [3.8, 4) is 0 Å². The molecule has 2 N–H and O–H groups in total. The number of carbonyl (C=O) groups is 1. The van der Waals surface area contributed by atoms with Gasteiger partial charge < -0.3 is 20.1 Å². The van der Waals surface area contributed by atoms with E-state index in [0.717, 1.165) is 24.4 Å². The van der Waals surface area contributed by atoms with E-state index in [1.807, 2.05) is 7.05 Å². The Morgan fingerprint density at radius 3 is 2.83 bits per heavy atom. The average Bonchev–Trinajstić information content (AvgIpc) is 3.34. The highest BCUT2D eigenvalue weighted by Gasteiger charge is 2.33. The van der Waals surface area contributed by atoms with E-state index in [9.17, 15) is 9.90 Å². The van der Waals surface area contributed by atoms with Gasteiger partial charge in [0.2, 0.25) is 11.0 Å². The molecule has 8 heteroatoms. The zero-order chi connectivity index (χ0) is 17.0. The fraction of sp³-hybridized carbons (Fsp3) is 0.812. The van der Waals surface area contributed by atoms with Crippen molar-refractivity contribution in [1.29, 1.82) is 0 Å². The van der Waals surface area contributed by atoms with Gasteiger partial charge in [-0.1, -0.05) is 11.3 Å². The highest BCUT2D eigenvalue weighted by molar-refractivity contribution is 7.15. The molecule has 1 aliphatic heterocycles. The summed E-state index contributed by atoms with van der Waals surface area (Å²) in [6.07, 6.45) is 4.52. The molecule has 1 amide bonds. The largest absolute Gasteiger partial charge is 0.396 e. The number of aliphatic hydroxyl groups is 1. The van der Waals surface area contributed by atoms with Crippen molar-refractivity contribution in [1.82, 2.24) is 15.1 Å². The van der Waals surface area contributed by atoms with Gasteiger partial charge in [-0.3, -0.25) is 4.79 Å². The summed E-state index contributed by atoms with van der Waals surface area (Å²) in [5.74, 6) is 0.527. The van der Waals surface area contributed by atoms with Crippen molar-refractivity contribution in [3.63, 3.8) is 0 Å². The third kappa shape index (κ3) is 4.72. The summed E-state index contributed by atoms with van der Waals surface area (Å²) >= 11 is 1.48. The van der Waals surface area contributed by atoms with E-state index in [1.54, 1.807) is 0 Å². The molecule has 2 fully saturated rings. The van der Waals surface area contributed by atoms with Crippen LogP contribution in [0, 0.1) is 5.41 Å². The van der Waals surface area contributed by atoms with Crippen LogP contribution in [0.3, 0.4) is 0 Å². The van der Waals surface area contributed by atoms with Crippen molar-refractivity contribution >= 4 is 22.4 Å². The van der Waals surface area contributed by atoms with Gasteiger partial charge in [-0.25, -0.2) is 0 Å². The Kier molecular flexibility index (Phi) is 5.80. The number of amides is 1. The first-order valence-corrected chi connectivity index (χ1v) is 9.42. The second-order valence-electron chi connectivity index (χ2n) is 7.03. The van der Waals surface area contributed by atoms with Crippen molar-refractivity contribution in [3.05, 3.63) is 5.01 Å². The molecule has 1 saturated carbocycles. The van der Waals surface area contributed by atoms with Crippen LogP contribution in [0.5, 0.6) is 0 Å². The Hall–Kier alpha value is -1.09. The fourth-order valence-corrected chi connectivity index (χ4v) is 4.01. The topological polar surface area (TPSA) is 87.6 Å². The summed E-state index contributed by atoms with van der Waals surface area (Å²) in [5, 5.41) is 22.4. The lowest BCUT2D eigenvalue weighted by atomic mass is 9.80. The first-order valence-electron chi connectivity index (χ1n) is 8.61. The van der Waals surface area contributed by atoms with E-state index < -0.39 is 0 Å². The lowest BCUT2D eigenvalue weighted by Crippen LogP contribution is -2.43. The highest BCUT2D eigenvalue weighted by atomic mass is 32.1. The van der Waals surface area contributed by atoms with Crippen LogP contribution in [-0.4, -0.2) is 66.1 Å². The summed E-state index contributed by atoms with van der Waals surface area (Å²) in [4.78, 5) is 14.2. The van der Waals surface area contributed by atoms with E-state index in [1.165, 1.54) is 24.2 Å². The Morgan fingerprint density at radius 2 is 2.17 bits per heavy atom. The molecular weight excluding hydrogens is 328 g/mol. The lowest BCUT2D eigenvalue weighted by molar-refractivity contribution is -0.116. The Bertz CT molecular complexity index is 555. The van der Waals surface area contributed by atoms with Gasteiger partial charge in [0.05, 0.1) is 6.61 Å². The van der Waals surface area contributed by atoms with Gasteiger partial charge in [0, 0.05) is 44.1 Å². The van der Waals surface area contributed by atoms with Gasteiger partial charge in [-0.05, 0) is 32.7 Å². The third-order valence-electron chi connectivity index (χ3n) is 4.83. The second kappa shape index (κ2) is 7.86. The molecule has 134 valence electrons. The lowest BCUT2D eigenvalue weighted by Gasteiger charge is -2.38. The number of aliphatic hydroxyl groups excluding tert-OH is 1. The quantitative estimate of drug-likeness (QED) is 0.735. The van der Waals surface area contributed by atoms with Gasteiger partial charge in [-0.15, -0.1) is 10.2 Å². The Morgan fingerprint density at radius 1 is 1.42 bits per heavy atom. The number of nitrogens with one attached hydrogen (secondary N) is 1. The molecule has 1 saturated heterocycles. The van der Waals surface area contributed by atoms with E-state index in [-0.39, 0.29) is 17.9 Å². The standard InChI is InChI=1S/C16H26N4O3S/c1-20(10-16(11-21)5-8-23-9-6-16)7-4-13(22)17-15-19-18-14(24-15)12-2-3-12/h12,21H,2-11H2,1H3,(H,17,19,22). The number of hydrogen-bond acceptors (Lipinski definition) is 7. The molecule has 1 aromatic heterocycles. The Labute approximate surface area is 146 Å². The number of rotatable bonds is 8. The minimum absolute atomic E-state index is 0.0367. The second-order valence-corrected chi connectivity index (χ2v) is 8.04. The van der Waals surface area contributed by atoms with Gasteiger partial charge in [0.1, 0.15) is 5.01 Å². The molecule has 0 bridgehead atoms. The summed E-state index contributed by atoms with van der Waals surface area (Å²) in [6.45, 7) is 3.01. The molecule has 0 unspecified atom stereocenters. The molecule has 2 aliphatic rings. The van der Waals surface area contributed by atoms with E-state index in [4.69, 9.17) is 4.74 Å². The maximum absolute atomic E-state index is 12.1. The van der Waals surface area contributed by atoms with Gasteiger partial charge in [0.15, 0.2) is 0 Å². The van der Waals surface area contributed by atoms with Gasteiger partial charge in [-0.2, -0.15) is 0 Å². The normalized spacial score (nSPS) is 20.3. The summed E-state index contributed by atoms with van der Waals surface area (Å²) in [6, 6.07) is 0. The molecule has 0 aromatic carbocycles. The van der Waals surface area contributed by atoms with Crippen LogP contribution in [0.4, 0.5) is 5.13 Å². The van der Waals surface area contributed by atoms with Crippen molar-refractivity contribution in [2.75, 3.05) is 45.3 Å². The van der Waals surface area contributed by atoms with Crippen LogP contribution in [0.15, 0.2) is 0 Å². The molecule has 3 rings (SSSR count). The predicted octanol–water partition coefficient (Wildman–Crippen LogP) is 1.46. The maximum atomic E-state index is 12.1. The molecule has 0 radical (unpaired) electrons. The summed E-state index contributed by atoms with van der Waals surface area (Å²) in [5.41, 5.74) is -0.0954. The van der Waals surface area contributed by atoms with Crippen molar-refractivity contribution in [2.45, 2.75) is 38.0 Å². The summed E-state index contributed by atoms with van der Waals surface area (Å²) in [7, 11) is 2.00. The third-order valence-corrected chi connectivity index (χ3v) is 5.83. The first kappa shape index (κ1) is 17.7. The maximum Gasteiger partial charge on any atom is 0.227 e. The molecule has 1 aromatic rings. The first-order chi connectivity index (χ1) is 11.6. The SMILES string of the molecule is CN(CCC(=O)Nc1nnc(C2CC2)s1)CC1(CO)CCOCC1. The molecule has 0 atom stereocenters. The van der Waals surface area contributed by atoms with Crippen LogP contribution in [0.2, 0.25) is 0 Å². The number of carbonyl (C=O) groups excluding carboxylic acids is 1. The van der Waals surface area contributed by atoms with Crippen LogP contribution < -0.4 is 5.32 Å². The minimum atomic E-state index is -0.0954. The molecule has 1 aliphatic carbocycles. The smallest absolute Gasteiger partial charge is 0.227 e. The Balaban J connectivity index is 1.41. The van der Waals surface area contributed by atoms with Crippen LogP contribution in [0.25, 0.3) is 0 Å². The molecule has 7 nitrogen and oxygen atoms in total. The number of nitrogens with zero attached hydrogens (tertiary/aromatic N) is 3. The fourth-order valence-electron chi connectivity index (χ4n) is 3.08. The van der Waals surface area contributed by atoms with Gasteiger partial charge in [0.25, 0.3) is 0 Å². The number of ether oxygens (including phenoxy) is 1. The highest BCUT2D eigenvalue weighted by Crippen LogP contribution is 2.42. The van der Waals surface area contributed by atoms with E-state index in [2.05, 4.69) is 20.4 Å². The van der Waals surface area contributed by atoms with E-state index >= 15 is 0 Å². The number of anilines is 1. The van der Waals surface area contributed by atoms with E-state index in [0.29, 0.717) is 37.2 Å². The summed E-state index contributed by atoms with van der Waals surface area (Å²) < 4.78 is 5.39. The molecule has 2 heterocycles. The monoisotopic (exact) mass is 354 g/mol. The molecule has 0 spiro atoms. The van der Waals surface area contributed by atoms with Crippen molar-refractivity contribution in [2.24, 2.45) is 5.41 Å². The average molecular weight is 354 g/mol. The van der Waals surface area contributed by atoms with Crippen LogP contribution in [0.1, 0.15) is 43.0 Å².